The molecule has 3 nitrogen and oxygen atoms in total. The van der Waals surface area contributed by atoms with E-state index in [2.05, 4.69) is 18.3 Å². The molecule has 2 rings (SSSR count). The molecule has 0 heterocycles. The van der Waals surface area contributed by atoms with Gasteiger partial charge in [-0.3, -0.25) is 0 Å². The zero-order valence-corrected chi connectivity index (χ0v) is 11.1. The molecule has 1 N–H and O–H groups in total. The van der Waals surface area contributed by atoms with Crippen LogP contribution >= 0.6 is 0 Å². The first-order valence-electron chi connectivity index (χ1n) is 6.49. The van der Waals surface area contributed by atoms with E-state index in [1.54, 1.807) is 13.2 Å². The normalized spacial score (nSPS) is 17.4. The highest BCUT2D eigenvalue weighted by molar-refractivity contribution is 5.42. The second kappa shape index (κ2) is 5.41. The molecule has 18 heavy (non-hydrogen) atoms. The monoisotopic (exact) mass is 244 g/mol. The highest BCUT2D eigenvalue weighted by atomic mass is 16.5. The standard InChI is InChI=1S/C15H20N2O/c1-15(7-3-4-8-15)17-11-13-9-12(10-16)5-6-14(13)18-2/h5-6,9,17H,3-4,7-8,11H2,1-2H3. The average molecular weight is 244 g/mol. The van der Waals surface area contributed by atoms with Crippen molar-refractivity contribution < 1.29 is 4.74 Å². The van der Waals surface area contributed by atoms with Crippen molar-refractivity contribution in [3.05, 3.63) is 29.3 Å². The van der Waals surface area contributed by atoms with E-state index in [1.807, 2.05) is 12.1 Å². The summed E-state index contributed by atoms with van der Waals surface area (Å²) in [7, 11) is 1.67. The summed E-state index contributed by atoms with van der Waals surface area (Å²) in [6, 6.07) is 7.74. The Morgan fingerprint density at radius 2 is 2.11 bits per heavy atom. The van der Waals surface area contributed by atoms with E-state index in [0.29, 0.717) is 5.56 Å². The molecule has 1 saturated carbocycles. The lowest BCUT2D eigenvalue weighted by Crippen LogP contribution is -2.38. The van der Waals surface area contributed by atoms with Gasteiger partial charge in [-0.1, -0.05) is 12.8 Å². The Bertz CT molecular complexity index is 456. The summed E-state index contributed by atoms with van der Waals surface area (Å²) in [6.45, 7) is 3.04. The fraction of sp³-hybridized carbons (Fsp3) is 0.533. The van der Waals surface area contributed by atoms with Crippen LogP contribution in [-0.2, 0) is 6.54 Å². The molecule has 0 spiro atoms. The molecular weight excluding hydrogens is 224 g/mol. The second-order valence-corrected chi connectivity index (χ2v) is 5.26. The van der Waals surface area contributed by atoms with Crippen LogP contribution in [0.2, 0.25) is 0 Å². The topological polar surface area (TPSA) is 45.0 Å². The highest BCUT2D eigenvalue weighted by Crippen LogP contribution is 2.30. The predicted octanol–water partition coefficient (Wildman–Crippen LogP) is 2.99. The number of nitrogens with one attached hydrogen (secondary N) is 1. The molecule has 1 aromatic rings. The smallest absolute Gasteiger partial charge is 0.123 e. The summed E-state index contributed by atoms with van der Waals surface area (Å²) in [5, 5.41) is 12.6. The van der Waals surface area contributed by atoms with E-state index < -0.39 is 0 Å². The summed E-state index contributed by atoms with van der Waals surface area (Å²) >= 11 is 0. The number of nitrogens with zero attached hydrogens (tertiary/aromatic N) is 1. The first kappa shape index (κ1) is 12.9. The molecule has 0 aliphatic heterocycles. The molecule has 1 aromatic carbocycles. The Balaban J connectivity index is 2.10. The lowest BCUT2D eigenvalue weighted by atomic mass is 10.00. The van der Waals surface area contributed by atoms with Crippen LogP contribution in [0.1, 0.15) is 43.7 Å². The molecule has 1 aliphatic carbocycles. The molecule has 3 heteroatoms. The Morgan fingerprint density at radius 3 is 2.72 bits per heavy atom. The molecule has 0 saturated heterocycles. The molecule has 0 amide bonds. The van der Waals surface area contributed by atoms with Crippen molar-refractivity contribution in [2.24, 2.45) is 0 Å². The minimum absolute atomic E-state index is 0.244. The average Bonchev–Trinajstić information content (AvgIpc) is 2.83. The first-order valence-corrected chi connectivity index (χ1v) is 6.49. The van der Waals surface area contributed by atoms with Crippen LogP contribution < -0.4 is 10.1 Å². The molecule has 0 aromatic heterocycles. The van der Waals surface area contributed by atoms with Crippen LogP contribution in [0.5, 0.6) is 5.75 Å². The third kappa shape index (κ3) is 2.83. The number of rotatable bonds is 4. The molecule has 0 unspecified atom stereocenters. The van der Waals surface area contributed by atoms with E-state index >= 15 is 0 Å². The van der Waals surface area contributed by atoms with E-state index in [4.69, 9.17) is 10.00 Å². The van der Waals surface area contributed by atoms with Gasteiger partial charge in [0.15, 0.2) is 0 Å². The van der Waals surface area contributed by atoms with Crippen molar-refractivity contribution in [2.45, 2.75) is 44.7 Å². The van der Waals surface area contributed by atoms with Crippen LogP contribution in [0.3, 0.4) is 0 Å². The lowest BCUT2D eigenvalue weighted by molar-refractivity contribution is 0.354. The molecule has 0 atom stereocenters. The zero-order chi connectivity index (χ0) is 13.0. The highest BCUT2D eigenvalue weighted by Gasteiger charge is 2.27. The van der Waals surface area contributed by atoms with Crippen LogP contribution in [0, 0.1) is 11.3 Å². The maximum Gasteiger partial charge on any atom is 0.123 e. The summed E-state index contributed by atoms with van der Waals surface area (Å²) in [4.78, 5) is 0. The number of hydrogen-bond acceptors (Lipinski definition) is 3. The van der Waals surface area contributed by atoms with E-state index in [-0.39, 0.29) is 5.54 Å². The Morgan fingerprint density at radius 1 is 1.39 bits per heavy atom. The fourth-order valence-corrected chi connectivity index (χ4v) is 2.63. The summed E-state index contributed by atoms with van der Waals surface area (Å²) in [5.41, 5.74) is 1.99. The fourth-order valence-electron chi connectivity index (χ4n) is 2.63. The van der Waals surface area contributed by atoms with Gasteiger partial charge in [0.25, 0.3) is 0 Å². The number of benzene rings is 1. The Hall–Kier alpha value is -1.53. The molecule has 1 fully saturated rings. The van der Waals surface area contributed by atoms with Gasteiger partial charge in [0.1, 0.15) is 5.75 Å². The minimum Gasteiger partial charge on any atom is -0.496 e. The van der Waals surface area contributed by atoms with Crippen LogP contribution in [0.4, 0.5) is 0 Å². The zero-order valence-electron chi connectivity index (χ0n) is 11.1. The molecule has 0 radical (unpaired) electrons. The quantitative estimate of drug-likeness (QED) is 0.885. The van der Waals surface area contributed by atoms with Crippen molar-refractivity contribution >= 4 is 0 Å². The van der Waals surface area contributed by atoms with Gasteiger partial charge in [-0.2, -0.15) is 5.26 Å². The van der Waals surface area contributed by atoms with Crippen LogP contribution in [-0.4, -0.2) is 12.6 Å². The van der Waals surface area contributed by atoms with Gasteiger partial charge in [-0.15, -0.1) is 0 Å². The summed E-state index contributed by atoms with van der Waals surface area (Å²) in [5.74, 6) is 0.850. The number of ether oxygens (including phenoxy) is 1. The molecule has 0 bridgehead atoms. The van der Waals surface area contributed by atoms with Crippen molar-refractivity contribution in [3.63, 3.8) is 0 Å². The van der Waals surface area contributed by atoms with Gasteiger partial charge in [0, 0.05) is 17.6 Å². The summed E-state index contributed by atoms with van der Waals surface area (Å²) in [6.07, 6.45) is 5.07. The van der Waals surface area contributed by atoms with Gasteiger partial charge in [0.05, 0.1) is 18.7 Å². The second-order valence-electron chi connectivity index (χ2n) is 5.26. The SMILES string of the molecule is COc1ccc(C#N)cc1CNC1(C)CCCC1. The third-order valence-corrected chi connectivity index (χ3v) is 3.82. The van der Waals surface area contributed by atoms with Crippen molar-refractivity contribution in [1.82, 2.24) is 5.32 Å². The lowest BCUT2D eigenvalue weighted by Gasteiger charge is -2.26. The Labute approximate surface area is 109 Å². The van der Waals surface area contributed by atoms with Crippen molar-refractivity contribution in [3.8, 4) is 11.8 Å². The summed E-state index contributed by atoms with van der Waals surface area (Å²) < 4.78 is 5.34. The van der Waals surface area contributed by atoms with Gasteiger partial charge < -0.3 is 10.1 Å². The van der Waals surface area contributed by atoms with Gasteiger partial charge in [-0.25, -0.2) is 0 Å². The molecular formula is C15H20N2O. The number of nitriles is 1. The van der Waals surface area contributed by atoms with Crippen LogP contribution in [0.25, 0.3) is 0 Å². The number of hydrogen-bond donors (Lipinski definition) is 1. The minimum atomic E-state index is 0.244. The van der Waals surface area contributed by atoms with E-state index in [9.17, 15) is 0 Å². The van der Waals surface area contributed by atoms with Gasteiger partial charge >= 0.3 is 0 Å². The molecule has 1 aliphatic rings. The van der Waals surface area contributed by atoms with Gasteiger partial charge in [-0.05, 0) is 38.0 Å². The van der Waals surface area contributed by atoms with Crippen molar-refractivity contribution in [1.29, 1.82) is 5.26 Å². The van der Waals surface area contributed by atoms with E-state index in [0.717, 1.165) is 17.9 Å². The first-order chi connectivity index (χ1) is 8.67. The van der Waals surface area contributed by atoms with Crippen molar-refractivity contribution in [2.75, 3.05) is 7.11 Å². The van der Waals surface area contributed by atoms with Crippen LogP contribution in [0.15, 0.2) is 18.2 Å². The third-order valence-electron chi connectivity index (χ3n) is 3.82. The van der Waals surface area contributed by atoms with Gasteiger partial charge in [0.2, 0.25) is 0 Å². The maximum atomic E-state index is 8.94. The number of methoxy groups -OCH3 is 1. The maximum absolute atomic E-state index is 8.94. The molecule has 96 valence electrons. The largest absolute Gasteiger partial charge is 0.496 e. The van der Waals surface area contributed by atoms with E-state index in [1.165, 1.54) is 25.7 Å². The Kier molecular flexibility index (Phi) is 3.88. The predicted molar refractivity (Wildman–Crippen MR) is 71.4 cm³/mol.